The fraction of sp³-hybridized carbons (Fsp3) is 0.333. The molecule has 0 saturated carbocycles. The summed E-state index contributed by atoms with van der Waals surface area (Å²) in [5.41, 5.74) is 3.27. The first-order valence-corrected chi connectivity index (χ1v) is 12.0. The molecule has 1 amide bonds. The van der Waals surface area contributed by atoms with Crippen LogP contribution in [0.15, 0.2) is 42.6 Å². The van der Waals surface area contributed by atoms with Crippen LogP contribution in [0.3, 0.4) is 0 Å². The molecule has 4 aromatic rings. The number of rotatable bonds is 4. The predicted octanol–water partition coefficient (Wildman–Crippen LogP) is 4.69. The van der Waals surface area contributed by atoms with E-state index in [-0.39, 0.29) is 24.1 Å². The number of nitrogens with one attached hydrogen (secondary N) is 1. The fourth-order valence-electron chi connectivity index (χ4n) is 4.26. The van der Waals surface area contributed by atoms with Crippen molar-refractivity contribution in [1.82, 2.24) is 24.8 Å². The number of halogens is 3. The maximum Gasteiger partial charge on any atom is 0.443 e. The summed E-state index contributed by atoms with van der Waals surface area (Å²) in [7, 11) is 0. The molecule has 1 aromatic carbocycles. The fourth-order valence-corrected chi connectivity index (χ4v) is 5.23. The van der Waals surface area contributed by atoms with Crippen molar-refractivity contribution in [3.63, 3.8) is 0 Å². The summed E-state index contributed by atoms with van der Waals surface area (Å²) in [5.74, 6) is 0.270. The number of H-pyrrole nitrogens is 1. The lowest BCUT2D eigenvalue weighted by Gasteiger charge is -2.40. The van der Waals surface area contributed by atoms with Crippen LogP contribution in [-0.4, -0.2) is 56.4 Å². The molecule has 0 bridgehead atoms. The van der Waals surface area contributed by atoms with Gasteiger partial charge in [0.1, 0.15) is 10.7 Å². The van der Waals surface area contributed by atoms with E-state index in [9.17, 15) is 18.0 Å². The molecule has 1 atom stereocenters. The molecular formula is C24H23F3N6OS. The summed E-state index contributed by atoms with van der Waals surface area (Å²) in [6, 6.07) is 10.8. The van der Waals surface area contributed by atoms with Crippen molar-refractivity contribution in [2.45, 2.75) is 32.5 Å². The van der Waals surface area contributed by atoms with Crippen molar-refractivity contribution in [3.8, 4) is 11.5 Å². The summed E-state index contributed by atoms with van der Waals surface area (Å²) in [5, 5.41) is -0.515. The van der Waals surface area contributed by atoms with E-state index in [1.54, 1.807) is 17.2 Å². The van der Waals surface area contributed by atoms with Gasteiger partial charge in [0.15, 0.2) is 5.82 Å². The van der Waals surface area contributed by atoms with Gasteiger partial charge in [0.25, 0.3) is 0 Å². The zero-order chi connectivity index (χ0) is 24.7. The largest absolute Gasteiger partial charge is 0.443 e. The van der Waals surface area contributed by atoms with Gasteiger partial charge in [-0.25, -0.2) is 9.97 Å². The number of nitrogens with zero attached hydrogens (tertiary/aromatic N) is 5. The van der Waals surface area contributed by atoms with Gasteiger partial charge in [-0.2, -0.15) is 13.2 Å². The van der Waals surface area contributed by atoms with Gasteiger partial charge in [-0.15, -0.1) is 0 Å². The Morgan fingerprint density at radius 1 is 1.17 bits per heavy atom. The van der Waals surface area contributed by atoms with Crippen molar-refractivity contribution in [2.75, 3.05) is 24.5 Å². The Balaban J connectivity index is 1.39. The molecule has 7 nitrogen and oxygen atoms in total. The number of hydrogen-bond donors (Lipinski definition) is 1. The molecule has 4 heterocycles. The first-order valence-electron chi connectivity index (χ1n) is 11.2. The molecule has 35 heavy (non-hydrogen) atoms. The smallest absolute Gasteiger partial charge is 0.358 e. The summed E-state index contributed by atoms with van der Waals surface area (Å²) in [6.07, 6.45) is -2.63. The second kappa shape index (κ2) is 8.95. The molecule has 5 rings (SSSR count). The highest BCUT2D eigenvalue weighted by atomic mass is 32.1. The second-order valence-electron chi connectivity index (χ2n) is 8.64. The minimum atomic E-state index is -4.56. The Labute approximate surface area is 203 Å². The Kier molecular flexibility index (Phi) is 5.96. The second-order valence-corrected chi connectivity index (χ2v) is 9.62. The Bertz CT molecular complexity index is 1330. The number of alkyl halides is 3. The third-order valence-electron chi connectivity index (χ3n) is 6.03. The number of aryl methyl sites for hydroxylation is 1. The van der Waals surface area contributed by atoms with Gasteiger partial charge in [-0.1, -0.05) is 29.5 Å². The number of thiazole rings is 1. The number of pyridine rings is 1. The van der Waals surface area contributed by atoms with Gasteiger partial charge in [-0.05, 0) is 37.6 Å². The van der Waals surface area contributed by atoms with Crippen LogP contribution in [0.5, 0.6) is 0 Å². The monoisotopic (exact) mass is 500 g/mol. The van der Waals surface area contributed by atoms with Crippen molar-refractivity contribution >= 4 is 33.3 Å². The van der Waals surface area contributed by atoms with Gasteiger partial charge >= 0.3 is 6.18 Å². The maximum absolute atomic E-state index is 13.6. The summed E-state index contributed by atoms with van der Waals surface area (Å²) < 4.78 is 40.8. The van der Waals surface area contributed by atoms with Crippen molar-refractivity contribution < 1.29 is 18.0 Å². The SMILES string of the molecule is Cc1ccc(CC(=O)N2CCN(c3sc(C(F)(F)F)nc3-c3nc4ccccc4[nH]3)C[C@H]2C)cn1. The van der Waals surface area contributed by atoms with Crippen molar-refractivity contribution in [3.05, 3.63) is 58.9 Å². The van der Waals surface area contributed by atoms with E-state index in [1.165, 1.54) is 0 Å². The van der Waals surface area contributed by atoms with E-state index >= 15 is 0 Å². The maximum atomic E-state index is 13.6. The van der Waals surface area contributed by atoms with Gasteiger partial charge < -0.3 is 14.8 Å². The number of imidazole rings is 1. The van der Waals surface area contributed by atoms with Gasteiger partial charge in [0.05, 0.1) is 17.5 Å². The highest BCUT2D eigenvalue weighted by Crippen LogP contribution is 2.42. The summed E-state index contributed by atoms with van der Waals surface area (Å²) in [6.45, 7) is 4.98. The molecule has 0 spiro atoms. The lowest BCUT2D eigenvalue weighted by atomic mass is 10.1. The normalized spacial score (nSPS) is 16.8. The highest BCUT2D eigenvalue weighted by molar-refractivity contribution is 7.16. The molecule has 3 aromatic heterocycles. The zero-order valence-corrected chi connectivity index (χ0v) is 20.0. The molecular weight excluding hydrogens is 477 g/mol. The third kappa shape index (κ3) is 4.72. The minimum absolute atomic E-state index is 0.0272. The summed E-state index contributed by atoms with van der Waals surface area (Å²) >= 11 is 0.611. The van der Waals surface area contributed by atoms with E-state index in [0.29, 0.717) is 47.3 Å². The third-order valence-corrected chi connectivity index (χ3v) is 7.19. The predicted molar refractivity (Wildman–Crippen MR) is 128 cm³/mol. The molecule has 0 unspecified atom stereocenters. The van der Waals surface area contributed by atoms with Crippen LogP contribution in [0.1, 0.15) is 23.2 Å². The molecule has 1 aliphatic heterocycles. The number of hydrogen-bond acceptors (Lipinski definition) is 6. The number of piperazine rings is 1. The average molecular weight is 501 g/mol. The van der Waals surface area contributed by atoms with Crippen molar-refractivity contribution in [2.24, 2.45) is 0 Å². The molecule has 0 radical (unpaired) electrons. The standard InChI is InChI=1S/C24H23F3N6OS/c1-14-7-8-16(12-28-14)11-19(34)33-10-9-32(13-15(33)2)22-20(31-23(35-22)24(25,26)27)21-29-17-5-3-4-6-18(17)30-21/h3-8,12,15H,9-11,13H2,1-2H3,(H,29,30)/t15-/m1/s1. The first kappa shape index (κ1) is 23.3. The van der Waals surface area contributed by atoms with Crippen LogP contribution in [0.2, 0.25) is 0 Å². The van der Waals surface area contributed by atoms with Crippen LogP contribution in [-0.2, 0) is 17.4 Å². The molecule has 182 valence electrons. The number of fused-ring (bicyclic) bond motifs is 1. The number of anilines is 1. The highest BCUT2D eigenvalue weighted by Gasteiger charge is 2.39. The molecule has 11 heteroatoms. The Hall–Kier alpha value is -3.47. The lowest BCUT2D eigenvalue weighted by molar-refractivity contribution is -0.137. The molecule has 1 aliphatic rings. The minimum Gasteiger partial charge on any atom is -0.358 e. The van der Waals surface area contributed by atoms with Crippen LogP contribution < -0.4 is 4.90 Å². The number of benzene rings is 1. The van der Waals surface area contributed by atoms with Crippen LogP contribution >= 0.6 is 11.3 Å². The molecule has 1 N–H and O–H groups in total. The Morgan fingerprint density at radius 2 is 1.97 bits per heavy atom. The Morgan fingerprint density at radius 3 is 2.66 bits per heavy atom. The van der Waals surface area contributed by atoms with Crippen LogP contribution in [0, 0.1) is 6.92 Å². The van der Waals surface area contributed by atoms with Gasteiger partial charge in [-0.3, -0.25) is 9.78 Å². The van der Waals surface area contributed by atoms with E-state index < -0.39 is 11.2 Å². The van der Waals surface area contributed by atoms with Gasteiger partial charge in [0, 0.05) is 37.6 Å². The van der Waals surface area contributed by atoms with Crippen LogP contribution in [0.25, 0.3) is 22.6 Å². The number of aromatic nitrogens is 4. The number of para-hydroxylation sites is 2. The van der Waals surface area contributed by atoms with E-state index in [2.05, 4.69) is 19.9 Å². The zero-order valence-electron chi connectivity index (χ0n) is 19.1. The van der Waals surface area contributed by atoms with Crippen LogP contribution in [0.4, 0.5) is 18.2 Å². The van der Waals surface area contributed by atoms with E-state index in [1.807, 2.05) is 49.1 Å². The van der Waals surface area contributed by atoms with E-state index in [4.69, 9.17) is 0 Å². The summed E-state index contributed by atoms with van der Waals surface area (Å²) in [4.78, 5) is 32.3. The number of carbonyl (C=O) groups is 1. The number of carbonyl (C=O) groups excluding carboxylic acids is 1. The topological polar surface area (TPSA) is 78.0 Å². The quantitative estimate of drug-likeness (QED) is 0.440. The first-order chi connectivity index (χ1) is 16.7. The molecule has 0 aliphatic carbocycles. The molecule has 1 fully saturated rings. The van der Waals surface area contributed by atoms with Gasteiger partial charge in [0.2, 0.25) is 10.9 Å². The molecule has 1 saturated heterocycles. The van der Waals surface area contributed by atoms with E-state index in [0.717, 1.165) is 16.8 Å². The number of aromatic amines is 1. The average Bonchev–Trinajstić information content (AvgIpc) is 3.45. The lowest BCUT2D eigenvalue weighted by Crippen LogP contribution is -2.54. The van der Waals surface area contributed by atoms with Crippen molar-refractivity contribution in [1.29, 1.82) is 0 Å². The number of amides is 1.